The summed E-state index contributed by atoms with van der Waals surface area (Å²) < 4.78 is 5.40. The fourth-order valence-corrected chi connectivity index (χ4v) is 3.13. The summed E-state index contributed by atoms with van der Waals surface area (Å²) in [5, 5.41) is 15.8. The highest BCUT2D eigenvalue weighted by Crippen LogP contribution is 2.26. The Hall–Kier alpha value is -2.97. The van der Waals surface area contributed by atoms with E-state index in [9.17, 15) is 4.79 Å². The molecule has 0 atom stereocenters. The van der Waals surface area contributed by atoms with Gasteiger partial charge < -0.3 is 15.0 Å². The Kier molecular flexibility index (Phi) is 5.50. The zero-order valence-electron chi connectivity index (χ0n) is 15.1. The first-order valence-corrected chi connectivity index (χ1v) is 9.32. The van der Waals surface area contributed by atoms with Crippen LogP contribution in [0.15, 0.2) is 48.5 Å². The molecule has 144 valence electrons. The molecule has 0 bridgehead atoms. The molecule has 3 aromatic rings. The van der Waals surface area contributed by atoms with Gasteiger partial charge in [-0.15, -0.1) is 10.2 Å². The van der Waals surface area contributed by atoms with Crippen molar-refractivity contribution in [3.05, 3.63) is 53.6 Å². The van der Waals surface area contributed by atoms with Crippen LogP contribution in [0, 0.1) is 0 Å². The Labute approximate surface area is 167 Å². The second-order valence-electron chi connectivity index (χ2n) is 6.32. The van der Waals surface area contributed by atoms with Gasteiger partial charge in [0.15, 0.2) is 0 Å². The molecule has 1 aromatic heterocycles. The maximum Gasteiger partial charge on any atom is 0.248 e. The molecular weight excluding hydrogens is 380 g/mol. The van der Waals surface area contributed by atoms with E-state index in [4.69, 9.17) is 16.3 Å². The number of tetrazole rings is 1. The number of para-hydroxylation sites is 2. The van der Waals surface area contributed by atoms with Crippen LogP contribution in [0.4, 0.5) is 11.4 Å². The predicted octanol–water partition coefficient (Wildman–Crippen LogP) is 2.47. The number of hydrogen-bond acceptors (Lipinski definition) is 6. The number of halogens is 1. The third-order valence-electron chi connectivity index (χ3n) is 4.37. The number of nitrogens with one attached hydrogen (secondary N) is 1. The summed E-state index contributed by atoms with van der Waals surface area (Å²) in [6.07, 6.45) is 0. The molecule has 2 heterocycles. The van der Waals surface area contributed by atoms with E-state index in [2.05, 4.69) is 25.6 Å². The first-order chi connectivity index (χ1) is 13.7. The Bertz CT molecular complexity index is 953. The number of nitrogens with zero attached hydrogens (tertiary/aromatic N) is 5. The number of benzene rings is 2. The summed E-state index contributed by atoms with van der Waals surface area (Å²) in [6.45, 7) is 2.92. The van der Waals surface area contributed by atoms with E-state index in [-0.39, 0.29) is 12.5 Å². The first-order valence-electron chi connectivity index (χ1n) is 8.94. The van der Waals surface area contributed by atoms with Gasteiger partial charge in [0.2, 0.25) is 11.7 Å². The third kappa shape index (κ3) is 4.29. The third-order valence-corrected chi connectivity index (χ3v) is 4.62. The van der Waals surface area contributed by atoms with Crippen LogP contribution >= 0.6 is 11.6 Å². The minimum absolute atomic E-state index is 0.0297. The summed E-state index contributed by atoms with van der Waals surface area (Å²) in [5.74, 6) is 0.221. The zero-order valence-corrected chi connectivity index (χ0v) is 15.8. The van der Waals surface area contributed by atoms with Crippen LogP contribution in [-0.4, -0.2) is 52.4 Å². The van der Waals surface area contributed by atoms with E-state index in [0.717, 1.165) is 30.0 Å². The van der Waals surface area contributed by atoms with Crippen LogP contribution in [0.5, 0.6) is 0 Å². The van der Waals surface area contributed by atoms with Gasteiger partial charge >= 0.3 is 0 Å². The molecule has 2 aromatic carbocycles. The lowest BCUT2D eigenvalue weighted by atomic mass is 10.2. The number of amides is 1. The molecule has 8 nitrogen and oxygen atoms in total. The van der Waals surface area contributed by atoms with Gasteiger partial charge in [0.1, 0.15) is 6.54 Å². The molecule has 9 heteroatoms. The van der Waals surface area contributed by atoms with Gasteiger partial charge in [0, 0.05) is 23.7 Å². The molecule has 28 heavy (non-hydrogen) atoms. The van der Waals surface area contributed by atoms with Crippen molar-refractivity contribution in [3.63, 3.8) is 0 Å². The van der Waals surface area contributed by atoms with Crippen LogP contribution < -0.4 is 10.2 Å². The molecule has 1 aliphatic heterocycles. The highest BCUT2D eigenvalue weighted by Gasteiger charge is 2.16. The Balaban J connectivity index is 1.43. The average Bonchev–Trinajstić information content (AvgIpc) is 3.18. The number of hydrogen-bond donors (Lipinski definition) is 1. The lowest BCUT2D eigenvalue weighted by Crippen LogP contribution is -2.36. The summed E-state index contributed by atoms with van der Waals surface area (Å²) in [5.41, 5.74) is 2.52. The van der Waals surface area contributed by atoms with Gasteiger partial charge in [-0.2, -0.15) is 4.80 Å². The number of morpholine rings is 1. The van der Waals surface area contributed by atoms with Crippen molar-refractivity contribution in [1.82, 2.24) is 20.2 Å². The number of rotatable bonds is 5. The van der Waals surface area contributed by atoms with Crippen molar-refractivity contribution >= 4 is 28.9 Å². The molecule has 1 N–H and O–H groups in total. The minimum atomic E-state index is -0.222. The second-order valence-corrected chi connectivity index (χ2v) is 6.75. The van der Waals surface area contributed by atoms with Crippen LogP contribution in [0.25, 0.3) is 11.4 Å². The lowest BCUT2D eigenvalue weighted by molar-refractivity contribution is -0.117. The number of aromatic nitrogens is 4. The van der Waals surface area contributed by atoms with Crippen molar-refractivity contribution in [2.75, 3.05) is 36.5 Å². The fourth-order valence-electron chi connectivity index (χ4n) is 3.00. The fraction of sp³-hybridized carbons (Fsp3) is 0.263. The quantitative estimate of drug-likeness (QED) is 0.710. The van der Waals surface area contributed by atoms with Gasteiger partial charge in [-0.25, -0.2) is 0 Å². The predicted molar refractivity (Wildman–Crippen MR) is 106 cm³/mol. The topological polar surface area (TPSA) is 85.2 Å². The summed E-state index contributed by atoms with van der Waals surface area (Å²) in [6, 6.07) is 14.9. The average molecular weight is 399 g/mol. The van der Waals surface area contributed by atoms with Crippen LogP contribution in [0.1, 0.15) is 0 Å². The van der Waals surface area contributed by atoms with Crippen molar-refractivity contribution < 1.29 is 9.53 Å². The zero-order chi connectivity index (χ0) is 19.3. The van der Waals surface area contributed by atoms with E-state index < -0.39 is 0 Å². The maximum atomic E-state index is 12.5. The van der Waals surface area contributed by atoms with Gasteiger partial charge in [0.25, 0.3) is 0 Å². The van der Waals surface area contributed by atoms with Gasteiger partial charge in [-0.05, 0) is 41.6 Å². The van der Waals surface area contributed by atoms with E-state index in [0.29, 0.717) is 24.1 Å². The minimum Gasteiger partial charge on any atom is -0.378 e. The van der Waals surface area contributed by atoms with E-state index in [1.54, 1.807) is 12.1 Å². The molecular formula is C19H19ClN6O2. The molecule has 1 aliphatic rings. The number of ether oxygens (including phenoxy) is 1. The molecule has 0 saturated carbocycles. The molecule has 0 aliphatic carbocycles. The van der Waals surface area contributed by atoms with E-state index >= 15 is 0 Å². The molecule has 0 unspecified atom stereocenters. The summed E-state index contributed by atoms with van der Waals surface area (Å²) in [7, 11) is 0. The smallest absolute Gasteiger partial charge is 0.248 e. The largest absolute Gasteiger partial charge is 0.378 e. The van der Waals surface area contributed by atoms with Crippen molar-refractivity contribution in [2.24, 2.45) is 0 Å². The second kappa shape index (κ2) is 8.37. The van der Waals surface area contributed by atoms with Crippen molar-refractivity contribution in [2.45, 2.75) is 6.54 Å². The Morgan fingerprint density at radius 2 is 1.86 bits per heavy atom. The van der Waals surface area contributed by atoms with Crippen molar-refractivity contribution in [3.8, 4) is 11.4 Å². The van der Waals surface area contributed by atoms with Gasteiger partial charge in [0.05, 0.1) is 24.6 Å². The summed E-state index contributed by atoms with van der Waals surface area (Å²) in [4.78, 5) is 16.0. The monoisotopic (exact) mass is 398 g/mol. The summed E-state index contributed by atoms with van der Waals surface area (Å²) >= 11 is 5.89. The van der Waals surface area contributed by atoms with Crippen LogP contribution in [0.2, 0.25) is 5.02 Å². The van der Waals surface area contributed by atoms with Crippen molar-refractivity contribution in [1.29, 1.82) is 0 Å². The van der Waals surface area contributed by atoms with Crippen LogP contribution in [-0.2, 0) is 16.1 Å². The highest BCUT2D eigenvalue weighted by molar-refractivity contribution is 6.30. The normalized spacial score (nSPS) is 14.1. The number of carbonyl (C=O) groups is 1. The maximum absolute atomic E-state index is 12.5. The van der Waals surface area contributed by atoms with E-state index in [1.165, 1.54) is 4.80 Å². The van der Waals surface area contributed by atoms with Gasteiger partial charge in [-0.3, -0.25) is 4.79 Å². The molecule has 4 rings (SSSR count). The standard InChI is InChI=1S/C19H19ClN6O2/c20-15-7-5-14(6-8-15)19-22-24-26(23-19)13-18(27)21-16-3-1-2-4-17(16)25-9-11-28-12-10-25/h1-8H,9-13H2,(H,21,27). The molecule has 1 fully saturated rings. The Morgan fingerprint density at radius 1 is 1.11 bits per heavy atom. The first kappa shape index (κ1) is 18.4. The van der Waals surface area contributed by atoms with Crippen LogP contribution in [0.3, 0.4) is 0 Å². The SMILES string of the molecule is O=C(Cn1nnc(-c2ccc(Cl)cc2)n1)Nc1ccccc1N1CCOCC1. The lowest BCUT2D eigenvalue weighted by Gasteiger charge is -2.30. The number of carbonyl (C=O) groups excluding carboxylic acids is 1. The van der Waals surface area contributed by atoms with E-state index in [1.807, 2.05) is 36.4 Å². The highest BCUT2D eigenvalue weighted by atomic mass is 35.5. The van der Waals surface area contributed by atoms with Gasteiger partial charge in [-0.1, -0.05) is 23.7 Å². The number of anilines is 2. The Morgan fingerprint density at radius 3 is 2.64 bits per heavy atom. The molecule has 0 spiro atoms. The molecule has 1 saturated heterocycles. The molecule has 0 radical (unpaired) electrons. The molecule has 1 amide bonds.